The topological polar surface area (TPSA) is 106 Å². The summed E-state index contributed by atoms with van der Waals surface area (Å²) in [6.45, 7) is 5.68. The van der Waals surface area contributed by atoms with E-state index in [-0.39, 0.29) is 18.9 Å². The van der Waals surface area contributed by atoms with Crippen LogP contribution in [0.25, 0.3) is 0 Å². The second kappa shape index (κ2) is 6.94. The van der Waals surface area contributed by atoms with Crippen molar-refractivity contribution in [2.45, 2.75) is 45.4 Å². The number of aliphatic carboxylic acids is 1. The number of aromatic nitrogens is 1. The molecule has 8 heteroatoms. The first kappa shape index (κ1) is 18.5. The van der Waals surface area contributed by atoms with Crippen LogP contribution >= 0.6 is 11.6 Å². The predicted octanol–water partition coefficient (Wildman–Crippen LogP) is 1.54. The van der Waals surface area contributed by atoms with Gasteiger partial charge in [0.05, 0.1) is 17.6 Å². The molecular weight excluding hydrogens is 334 g/mol. The van der Waals surface area contributed by atoms with Crippen molar-refractivity contribution in [2.24, 2.45) is 11.1 Å². The maximum atomic E-state index is 12.6. The maximum Gasteiger partial charge on any atom is 0.326 e. The van der Waals surface area contributed by atoms with Gasteiger partial charge in [0.25, 0.3) is 0 Å². The summed E-state index contributed by atoms with van der Waals surface area (Å²) in [5.74, 6) is -1.12. The number of rotatable bonds is 4. The van der Waals surface area contributed by atoms with Crippen molar-refractivity contribution in [2.75, 3.05) is 6.54 Å². The van der Waals surface area contributed by atoms with Crippen LogP contribution in [0.3, 0.4) is 0 Å². The summed E-state index contributed by atoms with van der Waals surface area (Å²) in [7, 11) is 0. The van der Waals surface area contributed by atoms with Gasteiger partial charge in [-0.2, -0.15) is 0 Å². The third-order valence-corrected chi connectivity index (χ3v) is 4.24. The molecule has 1 aromatic heterocycles. The molecule has 0 aliphatic carbocycles. The highest BCUT2D eigenvalue weighted by atomic mass is 35.5. The van der Waals surface area contributed by atoms with Gasteiger partial charge in [-0.1, -0.05) is 32.4 Å². The summed E-state index contributed by atoms with van der Waals surface area (Å²) in [5.41, 5.74) is 5.54. The van der Waals surface area contributed by atoms with Gasteiger partial charge in [-0.3, -0.25) is 4.79 Å². The number of carboxylic acids is 1. The average molecular weight is 356 g/mol. The van der Waals surface area contributed by atoms with Gasteiger partial charge < -0.3 is 20.5 Å². The largest absolute Gasteiger partial charge is 0.480 e. The van der Waals surface area contributed by atoms with E-state index in [1.807, 2.05) is 20.8 Å². The molecule has 1 amide bonds. The molecule has 3 N–H and O–H groups in total. The fourth-order valence-corrected chi connectivity index (χ4v) is 2.62. The summed E-state index contributed by atoms with van der Waals surface area (Å²) < 4.78 is 5.69. The van der Waals surface area contributed by atoms with Crippen molar-refractivity contribution >= 4 is 23.5 Å². The number of carbonyl (C=O) groups excluding carboxylic acids is 1. The minimum absolute atomic E-state index is 0.157. The molecular formula is C16H22ClN3O4. The number of amides is 1. The lowest BCUT2D eigenvalue weighted by molar-refractivity contribution is -0.149. The summed E-state index contributed by atoms with van der Waals surface area (Å²) in [6, 6.07) is 1.49. The van der Waals surface area contributed by atoms with Gasteiger partial charge >= 0.3 is 5.97 Å². The highest BCUT2D eigenvalue weighted by molar-refractivity contribution is 6.30. The second-order valence-corrected chi connectivity index (χ2v) is 7.41. The number of halogens is 1. The molecule has 3 atom stereocenters. The van der Waals surface area contributed by atoms with Crippen LogP contribution in [0.2, 0.25) is 5.02 Å². The molecule has 0 saturated carbocycles. The highest BCUT2D eigenvalue weighted by Crippen LogP contribution is 2.27. The molecule has 0 bridgehead atoms. The van der Waals surface area contributed by atoms with E-state index in [1.54, 1.807) is 12.1 Å². The van der Waals surface area contributed by atoms with E-state index < -0.39 is 29.6 Å². The third kappa shape index (κ3) is 4.15. The van der Waals surface area contributed by atoms with Gasteiger partial charge in [-0.25, -0.2) is 9.78 Å². The molecule has 0 aromatic carbocycles. The summed E-state index contributed by atoms with van der Waals surface area (Å²) in [6.07, 6.45) is 1.16. The number of nitrogens with two attached hydrogens (primary N) is 1. The van der Waals surface area contributed by atoms with E-state index in [1.165, 1.54) is 11.1 Å². The van der Waals surface area contributed by atoms with Crippen molar-refractivity contribution in [1.29, 1.82) is 0 Å². The number of likely N-dealkylation sites (tertiary alicyclic amines) is 1. The molecule has 2 unspecified atom stereocenters. The molecule has 0 radical (unpaired) electrons. The molecule has 0 spiro atoms. The number of carbonyl (C=O) groups is 2. The molecule has 132 valence electrons. The average Bonchev–Trinajstić information content (AvgIpc) is 2.91. The minimum Gasteiger partial charge on any atom is -0.480 e. The van der Waals surface area contributed by atoms with Crippen LogP contribution in [-0.2, 0) is 9.59 Å². The lowest BCUT2D eigenvalue weighted by atomic mass is 9.86. The zero-order chi connectivity index (χ0) is 18.1. The van der Waals surface area contributed by atoms with Crippen molar-refractivity contribution in [3.8, 4) is 5.88 Å². The normalized spacial score (nSPS) is 22.3. The first-order valence-corrected chi connectivity index (χ1v) is 8.04. The Labute approximate surface area is 145 Å². The fourth-order valence-electron chi connectivity index (χ4n) is 2.51. The number of hydrogen-bond acceptors (Lipinski definition) is 5. The molecule has 24 heavy (non-hydrogen) atoms. The van der Waals surface area contributed by atoms with Crippen LogP contribution in [0.5, 0.6) is 5.88 Å². The standard InChI is InChI=1S/C16H22ClN3O4/c1-16(2,3)13(18)14(21)20-8-10(6-11(20)15(22)23)24-12-5-4-9(17)7-19-12/h4-5,7,10-11,13H,6,8,18H2,1-3H3,(H,22,23)/t10?,11?,13-/m1/s1. The highest BCUT2D eigenvalue weighted by Gasteiger charge is 2.44. The smallest absolute Gasteiger partial charge is 0.326 e. The van der Waals surface area contributed by atoms with Crippen LogP contribution in [-0.4, -0.2) is 51.6 Å². The number of carboxylic acid groups (broad SMARTS) is 1. The van der Waals surface area contributed by atoms with Crippen LogP contribution < -0.4 is 10.5 Å². The number of ether oxygens (including phenoxy) is 1. The number of nitrogens with zero attached hydrogens (tertiary/aromatic N) is 2. The fraction of sp³-hybridized carbons (Fsp3) is 0.562. The molecule has 1 aliphatic rings. The van der Waals surface area contributed by atoms with Gasteiger partial charge in [0, 0.05) is 18.7 Å². The van der Waals surface area contributed by atoms with E-state index in [9.17, 15) is 14.7 Å². The Morgan fingerprint density at radius 3 is 2.62 bits per heavy atom. The quantitative estimate of drug-likeness (QED) is 0.848. The van der Waals surface area contributed by atoms with Crippen molar-refractivity contribution in [1.82, 2.24) is 9.88 Å². The first-order valence-electron chi connectivity index (χ1n) is 7.66. The van der Waals surface area contributed by atoms with Crippen molar-refractivity contribution in [3.05, 3.63) is 23.4 Å². The Hall–Kier alpha value is -1.86. The zero-order valence-electron chi connectivity index (χ0n) is 13.9. The summed E-state index contributed by atoms with van der Waals surface area (Å²) in [4.78, 5) is 29.4. The predicted molar refractivity (Wildman–Crippen MR) is 88.8 cm³/mol. The van der Waals surface area contributed by atoms with Gasteiger partial charge in [0.15, 0.2) is 0 Å². The SMILES string of the molecule is CC(C)(C)[C@H](N)C(=O)N1CC(Oc2ccc(Cl)cn2)CC1C(=O)O. The van der Waals surface area contributed by atoms with Gasteiger partial charge in [0.1, 0.15) is 12.1 Å². The molecule has 2 rings (SSSR count). The first-order chi connectivity index (χ1) is 11.1. The zero-order valence-corrected chi connectivity index (χ0v) is 14.7. The van der Waals surface area contributed by atoms with Crippen LogP contribution in [0.4, 0.5) is 0 Å². The second-order valence-electron chi connectivity index (χ2n) is 6.98. The Morgan fingerprint density at radius 2 is 2.12 bits per heavy atom. The lowest BCUT2D eigenvalue weighted by Crippen LogP contribution is -2.53. The number of pyridine rings is 1. The monoisotopic (exact) mass is 355 g/mol. The molecule has 1 saturated heterocycles. The Morgan fingerprint density at radius 1 is 1.46 bits per heavy atom. The van der Waals surface area contributed by atoms with Crippen LogP contribution in [0, 0.1) is 5.41 Å². The van der Waals surface area contributed by atoms with Crippen LogP contribution in [0.1, 0.15) is 27.2 Å². The van der Waals surface area contributed by atoms with E-state index in [4.69, 9.17) is 22.1 Å². The third-order valence-electron chi connectivity index (χ3n) is 4.02. The molecule has 1 fully saturated rings. The summed E-state index contributed by atoms with van der Waals surface area (Å²) in [5, 5.41) is 9.89. The Balaban J connectivity index is 2.12. The molecule has 1 aromatic rings. The number of hydrogen-bond donors (Lipinski definition) is 2. The van der Waals surface area contributed by atoms with E-state index >= 15 is 0 Å². The van der Waals surface area contributed by atoms with Gasteiger partial charge in [-0.05, 0) is 11.5 Å². The van der Waals surface area contributed by atoms with E-state index in [0.717, 1.165) is 0 Å². The van der Waals surface area contributed by atoms with Gasteiger partial charge in [0.2, 0.25) is 11.8 Å². The lowest BCUT2D eigenvalue weighted by Gasteiger charge is -2.31. The minimum atomic E-state index is -1.07. The van der Waals surface area contributed by atoms with Gasteiger partial charge in [-0.15, -0.1) is 0 Å². The van der Waals surface area contributed by atoms with Crippen molar-refractivity contribution in [3.63, 3.8) is 0 Å². The van der Waals surface area contributed by atoms with E-state index in [0.29, 0.717) is 10.9 Å². The molecule has 7 nitrogen and oxygen atoms in total. The van der Waals surface area contributed by atoms with Crippen LogP contribution in [0.15, 0.2) is 18.3 Å². The molecule has 1 aliphatic heterocycles. The Bertz CT molecular complexity index is 615. The van der Waals surface area contributed by atoms with E-state index in [2.05, 4.69) is 4.98 Å². The Kier molecular flexibility index (Phi) is 5.35. The summed E-state index contributed by atoms with van der Waals surface area (Å²) >= 11 is 5.77. The maximum absolute atomic E-state index is 12.6. The van der Waals surface area contributed by atoms with Crippen molar-refractivity contribution < 1.29 is 19.4 Å². The molecule has 2 heterocycles.